The van der Waals surface area contributed by atoms with Crippen LogP contribution in [0.3, 0.4) is 0 Å². The first kappa shape index (κ1) is 18.3. The summed E-state index contributed by atoms with van der Waals surface area (Å²) < 4.78 is 32.8. The molecule has 2 aromatic carbocycles. The first-order valence-electron chi connectivity index (χ1n) is 7.72. The molecule has 0 bridgehead atoms. The van der Waals surface area contributed by atoms with E-state index in [2.05, 4.69) is 27.9 Å². The van der Waals surface area contributed by atoms with Gasteiger partial charge in [-0.25, -0.2) is 8.42 Å². The highest BCUT2D eigenvalue weighted by Crippen LogP contribution is 2.21. The Bertz CT molecular complexity index is 880. The topological polar surface area (TPSA) is 75.7 Å². The first-order chi connectivity index (χ1) is 12.0. The van der Waals surface area contributed by atoms with Gasteiger partial charge in [0.15, 0.2) is 0 Å². The number of carbonyl (C=O) groups excluding carboxylic acids is 1. The minimum absolute atomic E-state index is 0.162. The molecule has 0 saturated carbocycles. The zero-order valence-corrected chi connectivity index (χ0v) is 16.3. The van der Waals surface area contributed by atoms with Gasteiger partial charge in [0.2, 0.25) is 10.0 Å². The number of nitrogens with zero attached hydrogens (tertiary/aromatic N) is 1. The molecule has 1 heterocycles. The van der Waals surface area contributed by atoms with Gasteiger partial charge in [-0.05, 0) is 52.9 Å². The summed E-state index contributed by atoms with van der Waals surface area (Å²) in [6.07, 6.45) is 0. The summed E-state index contributed by atoms with van der Waals surface area (Å²) in [5.41, 5.74) is 0.989. The van der Waals surface area contributed by atoms with E-state index in [1.165, 1.54) is 16.4 Å². The summed E-state index contributed by atoms with van der Waals surface area (Å²) in [5, 5.41) is 2.76. The van der Waals surface area contributed by atoms with Crippen molar-refractivity contribution in [3.8, 4) is 0 Å². The van der Waals surface area contributed by atoms with Crippen LogP contribution in [0.15, 0.2) is 53.4 Å². The van der Waals surface area contributed by atoms with Crippen molar-refractivity contribution in [2.45, 2.75) is 4.90 Å². The van der Waals surface area contributed by atoms with Crippen molar-refractivity contribution >= 4 is 44.2 Å². The first-order valence-corrected chi connectivity index (χ1v) is 10.2. The van der Waals surface area contributed by atoms with Crippen molar-refractivity contribution in [1.82, 2.24) is 4.31 Å². The lowest BCUT2D eigenvalue weighted by molar-refractivity contribution is 0.0730. The zero-order chi connectivity index (χ0) is 17.9. The summed E-state index contributed by atoms with van der Waals surface area (Å²) >= 11 is 2.09. The van der Waals surface area contributed by atoms with E-state index in [1.807, 2.05) is 12.1 Å². The van der Waals surface area contributed by atoms with Gasteiger partial charge in [-0.2, -0.15) is 4.31 Å². The van der Waals surface area contributed by atoms with Crippen LogP contribution in [0, 0.1) is 3.57 Å². The SMILES string of the molecule is O=C(Nc1cccc(S(=O)(=O)N2CCOCC2)c1)c1ccccc1I. The number of hydrogen-bond donors (Lipinski definition) is 1. The zero-order valence-electron chi connectivity index (χ0n) is 13.3. The van der Waals surface area contributed by atoms with E-state index in [9.17, 15) is 13.2 Å². The summed E-state index contributed by atoms with van der Waals surface area (Å²) in [6.45, 7) is 1.45. The van der Waals surface area contributed by atoms with Gasteiger partial charge in [-0.15, -0.1) is 0 Å². The summed E-state index contributed by atoms with van der Waals surface area (Å²) in [4.78, 5) is 12.6. The molecular formula is C17H17IN2O4S. The Kier molecular flexibility index (Phi) is 5.72. The fraction of sp³-hybridized carbons (Fsp3) is 0.235. The van der Waals surface area contributed by atoms with Crippen molar-refractivity contribution in [3.05, 3.63) is 57.7 Å². The number of hydrogen-bond acceptors (Lipinski definition) is 4. The maximum Gasteiger partial charge on any atom is 0.256 e. The summed E-state index contributed by atoms with van der Waals surface area (Å²) in [5.74, 6) is -0.272. The van der Waals surface area contributed by atoms with E-state index >= 15 is 0 Å². The number of rotatable bonds is 4. The third kappa shape index (κ3) is 4.20. The van der Waals surface area contributed by atoms with Crippen LogP contribution in [0.1, 0.15) is 10.4 Å². The minimum atomic E-state index is -3.59. The highest BCUT2D eigenvalue weighted by atomic mass is 127. The average Bonchev–Trinajstić information content (AvgIpc) is 2.63. The van der Waals surface area contributed by atoms with Gasteiger partial charge in [0.1, 0.15) is 0 Å². The van der Waals surface area contributed by atoms with E-state index in [4.69, 9.17) is 4.74 Å². The molecule has 2 aromatic rings. The van der Waals surface area contributed by atoms with Crippen molar-refractivity contribution < 1.29 is 17.9 Å². The molecule has 6 nitrogen and oxygen atoms in total. The van der Waals surface area contributed by atoms with Crippen LogP contribution in [0.2, 0.25) is 0 Å². The highest BCUT2D eigenvalue weighted by molar-refractivity contribution is 14.1. The van der Waals surface area contributed by atoms with Crippen LogP contribution in [-0.2, 0) is 14.8 Å². The van der Waals surface area contributed by atoms with Gasteiger partial charge < -0.3 is 10.1 Å². The summed E-state index contributed by atoms with van der Waals surface area (Å²) in [6, 6.07) is 13.5. The normalized spacial score (nSPS) is 15.7. The second kappa shape index (κ2) is 7.81. The van der Waals surface area contributed by atoms with Gasteiger partial charge >= 0.3 is 0 Å². The Labute approximate surface area is 160 Å². The van der Waals surface area contributed by atoms with Gasteiger partial charge in [-0.3, -0.25) is 4.79 Å². The van der Waals surface area contributed by atoms with Crippen molar-refractivity contribution in [1.29, 1.82) is 0 Å². The molecule has 1 aliphatic rings. The quantitative estimate of drug-likeness (QED) is 0.695. The van der Waals surface area contributed by atoms with Crippen molar-refractivity contribution in [3.63, 3.8) is 0 Å². The molecule has 1 fully saturated rings. The second-order valence-electron chi connectivity index (χ2n) is 5.48. The minimum Gasteiger partial charge on any atom is -0.379 e. The third-order valence-electron chi connectivity index (χ3n) is 3.82. The fourth-order valence-electron chi connectivity index (χ4n) is 2.51. The molecule has 0 atom stereocenters. The lowest BCUT2D eigenvalue weighted by atomic mass is 10.2. The largest absolute Gasteiger partial charge is 0.379 e. The Morgan fingerprint density at radius 2 is 1.80 bits per heavy atom. The molecule has 132 valence electrons. The number of anilines is 1. The van der Waals surface area contributed by atoms with Crippen LogP contribution in [0.25, 0.3) is 0 Å². The molecule has 8 heteroatoms. The van der Waals surface area contributed by atoms with Crippen LogP contribution in [-0.4, -0.2) is 44.9 Å². The van der Waals surface area contributed by atoms with E-state index in [0.29, 0.717) is 37.6 Å². The van der Waals surface area contributed by atoms with Gasteiger partial charge in [0.25, 0.3) is 5.91 Å². The highest BCUT2D eigenvalue weighted by Gasteiger charge is 2.26. The molecule has 0 spiro atoms. The molecule has 0 aromatic heterocycles. The Morgan fingerprint density at radius 3 is 2.52 bits per heavy atom. The molecule has 25 heavy (non-hydrogen) atoms. The van der Waals surface area contributed by atoms with Crippen molar-refractivity contribution in [2.75, 3.05) is 31.6 Å². The van der Waals surface area contributed by atoms with Crippen LogP contribution in [0.4, 0.5) is 5.69 Å². The monoisotopic (exact) mass is 472 g/mol. The molecular weight excluding hydrogens is 455 g/mol. The molecule has 0 unspecified atom stereocenters. The standard InChI is InChI=1S/C17H17IN2O4S/c18-16-7-2-1-6-15(16)17(21)19-13-4-3-5-14(12-13)25(22,23)20-8-10-24-11-9-20/h1-7,12H,8-11H2,(H,19,21). The van der Waals surface area contributed by atoms with Crippen LogP contribution >= 0.6 is 22.6 Å². The molecule has 1 N–H and O–H groups in total. The number of benzene rings is 2. The van der Waals surface area contributed by atoms with E-state index in [0.717, 1.165) is 3.57 Å². The van der Waals surface area contributed by atoms with Crippen LogP contribution < -0.4 is 5.32 Å². The van der Waals surface area contributed by atoms with E-state index in [-0.39, 0.29) is 10.8 Å². The molecule has 1 saturated heterocycles. The third-order valence-corrected chi connectivity index (χ3v) is 6.65. The second-order valence-corrected chi connectivity index (χ2v) is 8.58. The summed E-state index contributed by atoms with van der Waals surface area (Å²) in [7, 11) is -3.59. The maximum atomic E-state index is 12.7. The lowest BCUT2D eigenvalue weighted by Gasteiger charge is -2.26. The number of carbonyl (C=O) groups is 1. The number of ether oxygens (including phenoxy) is 1. The number of halogens is 1. The number of nitrogens with one attached hydrogen (secondary N) is 1. The van der Waals surface area contributed by atoms with Crippen molar-refractivity contribution in [2.24, 2.45) is 0 Å². The van der Waals surface area contributed by atoms with Gasteiger partial charge in [0.05, 0.1) is 23.7 Å². The molecule has 1 aliphatic heterocycles. The molecule has 3 rings (SSSR count). The number of amides is 1. The Morgan fingerprint density at radius 1 is 1.08 bits per heavy atom. The van der Waals surface area contributed by atoms with Crippen LogP contribution in [0.5, 0.6) is 0 Å². The predicted molar refractivity (Wildman–Crippen MR) is 103 cm³/mol. The molecule has 1 amide bonds. The van der Waals surface area contributed by atoms with E-state index in [1.54, 1.807) is 24.3 Å². The maximum absolute atomic E-state index is 12.7. The smallest absolute Gasteiger partial charge is 0.256 e. The predicted octanol–water partition coefficient (Wildman–Crippen LogP) is 2.56. The Balaban J connectivity index is 1.82. The lowest BCUT2D eigenvalue weighted by Crippen LogP contribution is -2.40. The molecule has 0 aliphatic carbocycles. The fourth-order valence-corrected chi connectivity index (χ4v) is 4.60. The number of sulfonamides is 1. The van der Waals surface area contributed by atoms with Gasteiger partial charge in [-0.1, -0.05) is 18.2 Å². The average molecular weight is 472 g/mol. The molecule has 0 radical (unpaired) electrons. The Hall–Kier alpha value is -1.49. The van der Waals surface area contributed by atoms with Gasteiger partial charge in [0, 0.05) is 22.3 Å². The van der Waals surface area contributed by atoms with E-state index < -0.39 is 10.0 Å². The number of morpholine rings is 1.